The third-order valence-corrected chi connectivity index (χ3v) is 7.05. The maximum absolute atomic E-state index is 12.5. The molecular formula is C30H30N6O2. The Morgan fingerprint density at radius 1 is 1.05 bits per heavy atom. The van der Waals surface area contributed by atoms with E-state index in [1.807, 2.05) is 30.3 Å². The Kier molecular flexibility index (Phi) is 7.86. The average Bonchev–Trinajstić information content (AvgIpc) is 2.98. The molecule has 0 saturated carbocycles. The van der Waals surface area contributed by atoms with Gasteiger partial charge in [-0.1, -0.05) is 43.7 Å². The molecule has 2 unspecified atom stereocenters. The third kappa shape index (κ3) is 5.96. The van der Waals surface area contributed by atoms with Crippen LogP contribution in [0.2, 0.25) is 0 Å². The number of nitrogens with one attached hydrogen (secondary N) is 1. The molecule has 3 heterocycles. The maximum atomic E-state index is 12.5. The van der Waals surface area contributed by atoms with Crippen molar-refractivity contribution in [2.45, 2.75) is 26.3 Å². The van der Waals surface area contributed by atoms with Crippen LogP contribution in [0.4, 0.5) is 0 Å². The topological polar surface area (TPSA) is 106 Å². The van der Waals surface area contributed by atoms with E-state index in [-0.39, 0.29) is 5.56 Å². The van der Waals surface area contributed by atoms with Crippen molar-refractivity contribution < 1.29 is 4.74 Å². The van der Waals surface area contributed by atoms with Crippen molar-refractivity contribution in [3.8, 4) is 34.5 Å². The molecule has 1 saturated heterocycles. The van der Waals surface area contributed by atoms with Crippen LogP contribution in [0.15, 0.2) is 77.9 Å². The van der Waals surface area contributed by atoms with Gasteiger partial charge in [0.15, 0.2) is 11.6 Å². The highest BCUT2D eigenvalue weighted by atomic mass is 16.5. The number of nitrogens with zero attached hydrogens (tertiary/aromatic N) is 5. The molecule has 2 aromatic heterocycles. The van der Waals surface area contributed by atoms with Gasteiger partial charge >= 0.3 is 0 Å². The molecule has 1 aliphatic rings. The van der Waals surface area contributed by atoms with Gasteiger partial charge in [-0.25, -0.2) is 14.6 Å². The van der Waals surface area contributed by atoms with Crippen LogP contribution in [0.5, 0.6) is 5.75 Å². The number of benzene rings is 2. The molecule has 1 aliphatic heterocycles. The molecule has 0 bridgehead atoms. The van der Waals surface area contributed by atoms with Crippen LogP contribution in [0.25, 0.3) is 22.6 Å². The molecule has 8 nitrogen and oxygen atoms in total. The van der Waals surface area contributed by atoms with E-state index in [1.165, 1.54) is 10.7 Å². The van der Waals surface area contributed by atoms with Crippen molar-refractivity contribution >= 4 is 0 Å². The number of ether oxygens (including phenoxy) is 1. The van der Waals surface area contributed by atoms with Gasteiger partial charge in [0.2, 0.25) is 0 Å². The highest BCUT2D eigenvalue weighted by Gasteiger charge is 2.24. The molecule has 5 rings (SSSR count). The summed E-state index contributed by atoms with van der Waals surface area (Å²) in [5.41, 5.74) is 3.51. The number of hydrogen-bond acceptors (Lipinski definition) is 7. The van der Waals surface area contributed by atoms with Crippen molar-refractivity contribution in [2.75, 3.05) is 19.7 Å². The summed E-state index contributed by atoms with van der Waals surface area (Å²) in [6.45, 7) is 5.30. The lowest BCUT2D eigenvalue weighted by Gasteiger charge is -2.31. The van der Waals surface area contributed by atoms with E-state index in [1.54, 1.807) is 36.7 Å². The second-order valence-corrected chi connectivity index (χ2v) is 9.58. The first kappa shape index (κ1) is 25.3. The van der Waals surface area contributed by atoms with Gasteiger partial charge in [-0.15, -0.1) is 0 Å². The summed E-state index contributed by atoms with van der Waals surface area (Å²) < 4.78 is 7.46. The molecule has 2 atom stereocenters. The van der Waals surface area contributed by atoms with Crippen molar-refractivity contribution in [3.63, 3.8) is 0 Å². The predicted molar refractivity (Wildman–Crippen MR) is 145 cm³/mol. The molecule has 4 aromatic rings. The third-order valence-electron chi connectivity index (χ3n) is 7.05. The van der Waals surface area contributed by atoms with Gasteiger partial charge < -0.3 is 10.1 Å². The highest BCUT2D eigenvalue weighted by Crippen LogP contribution is 2.24. The Morgan fingerprint density at radius 2 is 1.87 bits per heavy atom. The molecular weight excluding hydrogens is 476 g/mol. The molecule has 0 radical (unpaired) electrons. The normalized spacial score (nSPS) is 17.1. The SMILES string of the molecule is CCC1CNCCC1COc1cnc(-c2cccc(Cn3nc(-c4cccc(C#N)c4)ccc3=O)c2)nc1. The first-order valence-electron chi connectivity index (χ1n) is 13.0. The number of hydrogen-bond donors (Lipinski definition) is 1. The van der Waals surface area contributed by atoms with E-state index in [0.717, 1.165) is 42.6 Å². The van der Waals surface area contributed by atoms with Crippen molar-refractivity contribution in [2.24, 2.45) is 11.8 Å². The van der Waals surface area contributed by atoms with Gasteiger partial charge in [-0.2, -0.15) is 10.4 Å². The zero-order chi connectivity index (χ0) is 26.3. The lowest BCUT2D eigenvalue weighted by Crippen LogP contribution is -2.38. The molecule has 1 fully saturated rings. The lowest BCUT2D eigenvalue weighted by molar-refractivity contribution is 0.155. The molecule has 0 amide bonds. The molecule has 2 aromatic carbocycles. The van der Waals surface area contributed by atoms with Crippen molar-refractivity contribution in [1.82, 2.24) is 25.1 Å². The van der Waals surface area contributed by atoms with Gasteiger partial charge in [-0.05, 0) is 61.2 Å². The van der Waals surface area contributed by atoms with Crippen LogP contribution in [-0.4, -0.2) is 39.4 Å². The highest BCUT2D eigenvalue weighted by molar-refractivity contribution is 5.60. The quantitative estimate of drug-likeness (QED) is 0.380. The van der Waals surface area contributed by atoms with E-state index in [9.17, 15) is 10.1 Å². The molecule has 192 valence electrons. The minimum atomic E-state index is -0.201. The maximum Gasteiger partial charge on any atom is 0.267 e. The summed E-state index contributed by atoms with van der Waals surface area (Å²) in [6, 6.07) is 20.3. The Balaban J connectivity index is 1.29. The standard InChI is InChI=1S/C30H30N6O2/c1-2-23-16-32-12-11-26(23)20-38-27-17-33-30(34-18-27)25-8-4-6-22(14-25)19-36-29(37)10-9-28(35-36)24-7-3-5-21(13-24)15-31/h3-10,13-14,17-18,23,26,32H,2,11-12,16,19-20H2,1H3. The Bertz CT molecular complexity index is 1490. The summed E-state index contributed by atoms with van der Waals surface area (Å²) in [7, 11) is 0. The van der Waals surface area contributed by atoms with Gasteiger partial charge in [0.25, 0.3) is 5.56 Å². The summed E-state index contributed by atoms with van der Waals surface area (Å²) in [6.07, 6.45) is 5.72. The van der Waals surface area contributed by atoms with Gasteiger partial charge in [0.05, 0.1) is 42.9 Å². The van der Waals surface area contributed by atoms with E-state index in [2.05, 4.69) is 33.4 Å². The fourth-order valence-electron chi connectivity index (χ4n) is 4.86. The zero-order valence-corrected chi connectivity index (χ0v) is 21.4. The van der Waals surface area contributed by atoms with Gasteiger partial charge in [0.1, 0.15) is 0 Å². The number of piperidine rings is 1. The molecule has 0 spiro atoms. The molecule has 8 heteroatoms. The summed E-state index contributed by atoms with van der Waals surface area (Å²) in [5, 5.41) is 17.2. The van der Waals surface area contributed by atoms with E-state index in [4.69, 9.17) is 4.74 Å². The fraction of sp³-hybridized carbons (Fsp3) is 0.300. The summed E-state index contributed by atoms with van der Waals surface area (Å²) in [5.74, 6) is 2.45. The number of rotatable bonds is 8. The van der Waals surface area contributed by atoms with E-state index < -0.39 is 0 Å². The van der Waals surface area contributed by atoms with Crippen LogP contribution in [0.1, 0.15) is 30.9 Å². The van der Waals surface area contributed by atoms with Crippen LogP contribution in [0, 0.1) is 23.2 Å². The van der Waals surface area contributed by atoms with Crippen LogP contribution in [-0.2, 0) is 6.54 Å². The lowest BCUT2D eigenvalue weighted by atomic mass is 9.85. The summed E-state index contributed by atoms with van der Waals surface area (Å²) >= 11 is 0. The second-order valence-electron chi connectivity index (χ2n) is 9.58. The van der Waals surface area contributed by atoms with E-state index >= 15 is 0 Å². The molecule has 38 heavy (non-hydrogen) atoms. The largest absolute Gasteiger partial charge is 0.490 e. The predicted octanol–water partition coefficient (Wildman–Crippen LogP) is 4.30. The first-order chi connectivity index (χ1) is 18.6. The fourth-order valence-corrected chi connectivity index (χ4v) is 4.86. The van der Waals surface area contributed by atoms with Crippen molar-refractivity contribution in [1.29, 1.82) is 5.26 Å². The van der Waals surface area contributed by atoms with Gasteiger partial charge in [0, 0.05) is 17.2 Å². The van der Waals surface area contributed by atoms with Gasteiger partial charge in [-0.3, -0.25) is 4.79 Å². The minimum absolute atomic E-state index is 0.201. The Hall–Kier alpha value is -4.35. The smallest absolute Gasteiger partial charge is 0.267 e. The van der Waals surface area contributed by atoms with E-state index in [0.29, 0.717) is 47.8 Å². The van der Waals surface area contributed by atoms with Crippen molar-refractivity contribution in [3.05, 3.63) is 94.5 Å². The average molecular weight is 507 g/mol. The monoisotopic (exact) mass is 506 g/mol. The minimum Gasteiger partial charge on any atom is -0.490 e. The zero-order valence-electron chi connectivity index (χ0n) is 21.4. The Morgan fingerprint density at radius 3 is 2.68 bits per heavy atom. The van der Waals surface area contributed by atoms with Crippen LogP contribution in [0.3, 0.4) is 0 Å². The number of aromatic nitrogens is 4. The molecule has 0 aliphatic carbocycles. The second kappa shape index (κ2) is 11.8. The van der Waals surface area contributed by atoms with Crippen LogP contribution >= 0.6 is 0 Å². The Labute approximate surface area is 222 Å². The summed E-state index contributed by atoms with van der Waals surface area (Å²) in [4.78, 5) is 21.6. The number of nitriles is 1. The first-order valence-corrected chi connectivity index (χ1v) is 13.0. The molecule has 1 N–H and O–H groups in total. The van der Waals surface area contributed by atoms with Crippen LogP contribution < -0.4 is 15.6 Å².